The Morgan fingerprint density at radius 2 is 1.92 bits per heavy atom. The highest BCUT2D eigenvalue weighted by molar-refractivity contribution is 5.95. The standard InChI is InChI=1S/C27H30F2N6O3/c1-18-15-25(19-7-8-21(28)22(29)16-19)35(26(36)31-18)27(37)34(38)12-4-11-32-13-9-20(10-14-32)33-17-30-23-5-2-3-6-24(23)33/h2-3,5-8,15-17,20,25,38H,4,9-14H2,1H3,(H,31,36). The summed E-state index contributed by atoms with van der Waals surface area (Å²) < 4.78 is 29.5. The maximum absolute atomic E-state index is 13.9. The fraction of sp³-hybridized carbons (Fsp3) is 0.370. The Bertz CT molecular complexity index is 1370. The van der Waals surface area contributed by atoms with Crippen LogP contribution in [0, 0.1) is 11.6 Å². The third kappa shape index (κ3) is 5.25. The molecule has 2 aliphatic rings. The molecule has 38 heavy (non-hydrogen) atoms. The Balaban J connectivity index is 1.15. The number of hydrogen-bond donors (Lipinski definition) is 2. The molecular weight excluding hydrogens is 494 g/mol. The molecule has 3 aromatic rings. The van der Waals surface area contributed by atoms with Crippen molar-refractivity contribution in [3.63, 3.8) is 0 Å². The van der Waals surface area contributed by atoms with Gasteiger partial charge in [-0.25, -0.2) is 33.3 Å². The number of para-hydroxylation sites is 2. The first-order valence-corrected chi connectivity index (χ1v) is 12.7. The number of amides is 4. The lowest BCUT2D eigenvalue weighted by Crippen LogP contribution is -2.52. The summed E-state index contributed by atoms with van der Waals surface area (Å²) in [4.78, 5) is 33.3. The molecule has 1 unspecified atom stereocenters. The number of piperidine rings is 1. The average Bonchev–Trinajstić information content (AvgIpc) is 3.34. The summed E-state index contributed by atoms with van der Waals surface area (Å²) >= 11 is 0. The largest absolute Gasteiger partial charge is 0.352 e. The van der Waals surface area contributed by atoms with Crippen LogP contribution in [0.3, 0.4) is 0 Å². The molecule has 0 saturated carbocycles. The number of aromatic nitrogens is 2. The monoisotopic (exact) mass is 524 g/mol. The topological polar surface area (TPSA) is 93.9 Å². The molecule has 2 N–H and O–H groups in total. The summed E-state index contributed by atoms with van der Waals surface area (Å²) in [6.45, 7) is 4.09. The van der Waals surface area contributed by atoms with E-state index in [0.29, 0.717) is 29.8 Å². The quantitative estimate of drug-likeness (QED) is 0.356. The van der Waals surface area contributed by atoms with E-state index in [9.17, 15) is 23.6 Å². The second kappa shape index (κ2) is 10.9. The number of hydroxylamine groups is 2. The molecule has 11 heteroatoms. The van der Waals surface area contributed by atoms with Gasteiger partial charge in [-0.3, -0.25) is 5.21 Å². The molecule has 4 amide bonds. The van der Waals surface area contributed by atoms with Crippen LogP contribution in [0.2, 0.25) is 0 Å². The molecule has 5 rings (SSSR count). The Kier molecular flexibility index (Phi) is 7.39. The van der Waals surface area contributed by atoms with Gasteiger partial charge < -0.3 is 14.8 Å². The van der Waals surface area contributed by atoms with Gasteiger partial charge in [0.2, 0.25) is 0 Å². The molecule has 2 aromatic carbocycles. The second-order valence-corrected chi connectivity index (χ2v) is 9.74. The van der Waals surface area contributed by atoms with Crippen LogP contribution < -0.4 is 5.32 Å². The highest BCUT2D eigenvalue weighted by Gasteiger charge is 2.36. The SMILES string of the molecule is CC1=CC(c2ccc(F)c(F)c2)N(C(=O)N(O)CCCN2CCC(n3cnc4ccccc43)CC2)C(=O)N1. The zero-order chi connectivity index (χ0) is 26.8. The lowest BCUT2D eigenvalue weighted by atomic mass is 10.0. The predicted octanol–water partition coefficient (Wildman–Crippen LogP) is 4.82. The Hall–Kier alpha value is -3.83. The van der Waals surface area contributed by atoms with Gasteiger partial charge in [-0.05, 0) is 68.6 Å². The van der Waals surface area contributed by atoms with Crippen molar-refractivity contribution in [1.29, 1.82) is 0 Å². The van der Waals surface area contributed by atoms with E-state index in [-0.39, 0.29) is 12.1 Å². The highest BCUT2D eigenvalue weighted by Crippen LogP contribution is 2.29. The summed E-state index contributed by atoms with van der Waals surface area (Å²) in [7, 11) is 0. The lowest BCUT2D eigenvalue weighted by molar-refractivity contribution is -0.0570. The molecule has 0 bridgehead atoms. The lowest BCUT2D eigenvalue weighted by Gasteiger charge is -2.35. The van der Waals surface area contributed by atoms with Gasteiger partial charge in [0, 0.05) is 24.8 Å². The smallest absolute Gasteiger partial charge is 0.327 e. The number of imide groups is 1. The summed E-state index contributed by atoms with van der Waals surface area (Å²) in [5.74, 6) is -2.11. The number of rotatable bonds is 6. The van der Waals surface area contributed by atoms with Gasteiger partial charge in [0.25, 0.3) is 0 Å². The van der Waals surface area contributed by atoms with Gasteiger partial charge in [0.1, 0.15) is 0 Å². The fourth-order valence-electron chi connectivity index (χ4n) is 5.21. The van der Waals surface area contributed by atoms with E-state index in [1.165, 1.54) is 6.07 Å². The van der Waals surface area contributed by atoms with Crippen molar-refractivity contribution in [3.05, 3.63) is 77.8 Å². The number of imidazole rings is 1. The maximum Gasteiger partial charge on any atom is 0.352 e. The van der Waals surface area contributed by atoms with Crippen molar-refractivity contribution >= 4 is 23.1 Å². The fourth-order valence-corrected chi connectivity index (χ4v) is 5.21. The van der Waals surface area contributed by atoms with Crippen molar-refractivity contribution in [2.75, 3.05) is 26.2 Å². The van der Waals surface area contributed by atoms with E-state index in [2.05, 4.69) is 25.8 Å². The van der Waals surface area contributed by atoms with Crippen LogP contribution in [0.25, 0.3) is 11.0 Å². The number of benzene rings is 2. The zero-order valence-corrected chi connectivity index (χ0v) is 21.1. The third-order valence-electron chi connectivity index (χ3n) is 7.20. The van der Waals surface area contributed by atoms with Crippen molar-refractivity contribution < 1.29 is 23.6 Å². The van der Waals surface area contributed by atoms with E-state index in [1.54, 1.807) is 13.0 Å². The van der Waals surface area contributed by atoms with Crippen molar-refractivity contribution in [2.24, 2.45) is 0 Å². The predicted molar refractivity (Wildman–Crippen MR) is 136 cm³/mol. The first-order valence-electron chi connectivity index (χ1n) is 12.7. The Morgan fingerprint density at radius 3 is 2.68 bits per heavy atom. The first kappa shape index (κ1) is 25.8. The van der Waals surface area contributed by atoms with E-state index in [0.717, 1.165) is 54.0 Å². The highest BCUT2D eigenvalue weighted by atomic mass is 19.2. The van der Waals surface area contributed by atoms with Crippen molar-refractivity contribution in [3.8, 4) is 0 Å². The van der Waals surface area contributed by atoms with E-state index in [4.69, 9.17) is 0 Å². The molecule has 0 spiro atoms. The number of carbonyl (C=O) groups is 2. The van der Waals surface area contributed by atoms with Gasteiger partial charge in [-0.1, -0.05) is 18.2 Å². The minimum Gasteiger partial charge on any atom is -0.327 e. The molecule has 3 heterocycles. The minimum absolute atomic E-state index is 0.0158. The maximum atomic E-state index is 13.9. The van der Waals surface area contributed by atoms with E-state index >= 15 is 0 Å². The second-order valence-electron chi connectivity index (χ2n) is 9.74. The molecule has 1 atom stereocenters. The first-order chi connectivity index (χ1) is 18.3. The number of fused-ring (bicyclic) bond motifs is 1. The van der Waals surface area contributed by atoms with E-state index < -0.39 is 29.7 Å². The summed E-state index contributed by atoms with van der Waals surface area (Å²) in [5.41, 5.74) is 2.80. The van der Waals surface area contributed by atoms with Gasteiger partial charge in [-0.15, -0.1) is 0 Å². The minimum atomic E-state index is -1.09. The third-order valence-corrected chi connectivity index (χ3v) is 7.20. The van der Waals surface area contributed by atoms with Gasteiger partial charge in [0.15, 0.2) is 11.6 Å². The van der Waals surface area contributed by atoms with Crippen LogP contribution in [0.5, 0.6) is 0 Å². The van der Waals surface area contributed by atoms with Crippen LogP contribution in [0.4, 0.5) is 18.4 Å². The number of carbonyl (C=O) groups excluding carboxylic acids is 2. The molecule has 2 aliphatic heterocycles. The number of allylic oxidation sites excluding steroid dienone is 1. The van der Waals surface area contributed by atoms with Gasteiger partial charge >= 0.3 is 12.1 Å². The van der Waals surface area contributed by atoms with Crippen LogP contribution in [-0.2, 0) is 0 Å². The molecule has 0 radical (unpaired) electrons. The van der Waals surface area contributed by atoms with Crippen LogP contribution >= 0.6 is 0 Å². The number of likely N-dealkylation sites (tertiary alicyclic amines) is 1. The number of urea groups is 2. The Labute approximate surface area is 218 Å². The zero-order valence-electron chi connectivity index (χ0n) is 21.1. The van der Waals surface area contributed by atoms with E-state index in [1.807, 2.05) is 24.5 Å². The number of halogens is 2. The average molecular weight is 525 g/mol. The summed E-state index contributed by atoms with van der Waals surface area (Å²) in [5, 5.41) is 13.5. The number of hydrogen-bond acceptors (Lipinski definition) is 5. The van der Waals surface area contributed by atoms with Gasteiger partial charge in [0.05, 0.1) is 29.9 Å². The van der Waals surface area contributed by atoms with Crippen LogP contribution in [0.15, 0.2) is 60.6 Å². The Morgan fingerprint density at radius 1 is 1.16 bits per heavy atom. The molecule has 0 aliphatic carbocycles. The van der Waals surface area contributed by atoms with Crippen LogP contribution in [-0.4, -0.2) is 67.9 Å². The van der Waals surface area contributed by atoms with Crippen molar-refractivity contribution in [2.45, 2.75) is 38.3 Å². The van der Waals surface area contributed by atoms with Crippen LogP contribution in [0.1, 0.15) is 43.8 Å². The van der Waals surface area contributed by atoms with Gasteiger partial charge in [-0.2, -0.15) is 0 Å². The number of nitrogens with zero attached hydrogens (tertiary/aromatic N) is 5. The molecule has 1 fully saturated rings. The molecular formula is C27H30F2N6O3. The number of nitrogens with one attached hydrogen (secondary N) is 1. The summed E-state index contributed by atoms with van der Waals surface area (Å²) in [6, 6.07) is 8.98. The molecule has 1 saturated heterocycles. The molecule has 200 valence electrons. The molecule has 1 aromatic heterocycles. The summed E-state index contributed by atoms with van der Waals surface area (Å²) in [6.07, 6.45) is 5.89. The normalized spacial score (nSPS) is 18.9. The molecule has 9 nitrogen and oxygen atoms in total. The van der Waals surface area contributed by atoms with Crippen molar-refractivity contribution in [1.82, 2.24) is 29.7 Å².